The molecule has 0 aliphatic heterocycles. The number of benzene rings is 1. The number of hydrogen-bond donors (Lipinski definition) is 2. The van der Waals surface area contributed by atoms with Crippen LogP contribution in [0, 0.1) is 50.2 Å². The number of rotatable bonds is 4. The van der Waals surface area contributed by atoms with Crippen molar-refractivity contribution >= 4 is 18.0 Å². The highest BCUT2D eigenvalue weighted by molar-refractivity contribution is 5.87. The molecule has 5 aliphatic rings. The largest absolute Gasteiger partial charge is 0.481 e. The van der Waals surface area contributed by atoms with Crippen molar-refractivity contribution in [2.75, 3.05) is 0 Å². The summed E-state index contributed by atoms with van der Waals surface area (Å²) < 4.78 is 6.07. The maximum absolute atomic E-state index is 13.0. The number of carboxylic acid groups (broad SMARTS) is 1. The minimum atomic E-state index is -0.744. The fourth-order valence-electron chi connectivity index (χ4n) is 11.9. The molecule has 0 heterocycles. The predicted molar refractivity (Wildman–Crippen MR) is 173 cm³/mol. The van der Waals surface area contributed by atoms with Gasteiger partial charge in [0.25, 0.3) is 0 Å². The Kier molecular flexibility index (Phi) is 7.40. The maximum atomic E-state index is 13.0. The maximum Gasteiger partial charge on any atom is 0.331 e. The zero-order valence-electron chi connectivity index (χ0n) is 28.0. The van der Waals surface area contributed by atoms with E-state index in [1.165, 1.54) is 11.6 Å². The van der Waals surface area contributed by atoms with Crippen LogP contribution in [0.5, 0.6) is 0 Å². The second-order valence-corrected chi connectivity index (χ2v) is 17.4. The molecule has 1 unspecified atom stereocenters. The van der Waals surface area contributed by atoms with Crippen LogP contribution in [0.25, 0.3) is 6.08 Å². The monoisotopic (exact) mass is 602 g/mol. The third kappa shape index (κ3) is 4.49. The Morgan fingerprint density at radius 2 is 1.57 bits per heavy atom. The van der Waals surface area contributed by atoms with E-state index < -0.39 is 35.0 Å². The number of fused-ring (bicyclic) bond motifs is 7. The number of ether oxygens (including phenoxy) is 1. The summed E-state index contributed by atoms with van der Waals surface area (Å²) in [6, 6.07) is 9.71. The second kappa shape index (κ2) is 10.3. The summed E-state index contributed by atoms with van der Waals surface area (Å²) >= 11 is 0. The zero-order valence-corrected chi connectivity index (χ0v) is 28.0. The molecule has 4 fully saturated rings. The van der Waals surface area contributed by atoms with E-state index in [4.69, 9.17) is 4.74 Å². The summed E-state index contributed by atoms with van der Waals surface area (Å²) in [4.78, 5) is 25.9. The van der Waals surface area contributed by atoms with Crippen LogP contribution in [0.1, 0.15) is 112 Å². The van der Waals surface area contributed by atoms with Gasteiger partial charge >= 0.3 is 11.9 Å². The average molecular weight is 603 g/mol. The van der Waals surface area contributed by atoms with Crippen molar-refractivity contribution in [1.82, 2.24) is 0 Å². The standard InChI is InChI=1S/C39H54O5/c1-34(2)19-21-39(33(42)43)22-20-37(6)26(27(39)23-34)14-15-30-36(5)24-28(40)32(35(3,4)29(36)17-18-38(30,37)7)44-31(41)16-13-25-11-9-8-10-12-25/h8-14,16,27-30,32,40H,15,17-24H2,1-7H3,(H,42,43)/t27-,28-,29?,30-,32+,36+,37-,38-,39+/m1/s1. The van der Waals surface area contributed by atoms with Crippen LogP contribution < -0.4 is 0 Å². The van der Waals surface area contributed by atoms with Crippen LogP contribution in [-0.4, -0.2) is 34.4 Å². The number of aliphatic carboxylic acids is 1. The number of carboxylic acids is 1. The van der Waals surface area contributed by atoms with Crippen molar-refractivity contribution in [2.45, 2.75) is 118 Å². The average Bonchev–Trinajstić information content (AvgIpc) is 2.94. The molecular formula is C39H54O5. The van der Waals surface area contributed by atoms with Crippen LogP contribution in [-0.2, 0) is 14.3 Å². The first-order valence-corrected chi connectivity index (χ1v) is 17.1. The van der Waals surface area contributed by atoms with Gasteiger partial charge in [-0.25, -0.2) is 4.79 Å². The van der Waals surface area contributed by atoms with E-state index in [2.05, 4.69) is 54.5 Å². The van der Waals surface area contributed by atoms with Gasteiger partial charge in [0.15, 0.2) is 0 Å². The number of hydrogen-bond acceptors (Lipinski definition) is 4. The van der Waals surface area contributed by atoms with Gasteiger partial charge in [0.1, 0.15) is 6.10 Å². The summed E-state index contributed by atoms with van der Waals surface area (Å²) in [7, 11) is 0. The number of carbonyl (C=O) groups excluding carboxylic acids is 1. The molecule has 0 spiro atoms. The minimum Gasteiger partial charge on any atom is -0.481 e. The fraction of sp³-hybridized carbons (Fsp3) is 0.692. The Balaban J connectivity index is 1.30. The summed E-state index contributed by atoms with van der Waals surface area (Å²) in [5.41, 5.74) is 1.28. The molecule has 0 bridgehead atoms. The van der Waals surface area contributed by atoms with E-state index in [-0.39, 0.29) is 27.6 Å². The lowest BCUT2D eigenvalue weighted by Crippen LogP contribution is -2.67. The molecular weight excluding hydrogens is 548 g/mol. The van der Waals surface area contributed by atoms with E-state index in [9.17, 15) is 19.8 Å². The van der Waals surface area contributed by atoms with E-state index in [0.29, 0.717) is 18.3 Å². The van der Waals surface area contributed by atoms with Gasteiger partial charge in [0.05, 0.1) is 11.5 Å². The Labute approximate surface area is 264 Å². The third-order valence-electron chi connectivity index (χ3n) is 14.4. The number of aliphatic hydroxyl groups excluding tert-OH is 1. The number of esters is 1. The highest BCUT2D eigenvalue weighted by Crippen LogP contribution is 2.75. The lowest BCUT2D eigenvalue weighted by atomic mass is 9.33. The van der Waals surface area contributed by atoms with Gasteiger partial charge in [-0.1, -0.05) is 90.4 Å². The molecule has 5 nitrogen and oxygen atoms in total. The number of aliphatic hydroxyl groups is 1. The zero-order chi connectivity index (χ0) is 31.9. The molecule has 240 valence electrons. The van der Waals surface area contributed by atoms with Crippen molar-refractivity contribution in [3.63, 3.8) is 0 Å². The van der Waals surface area contributed by atoms with Crippen molar-refractivity contribution in [2.24, 2.45) is 50.2 Å². The van der Waals surface area contributed by atoms with Gasteiger partial charge in [-0.3, -0.25) is 4.79 Å². The van der Waals surface area contributed by atoms with E-state index in [1.54, 1.807) is 6.08 Å². The molecule has 6 rings (SSSR count). The van der Waals surface area contributed by atoms with Crippen LogP contribution in [0.4, 0.5) is 0 Å². The first-order chi connectivity index (χ1) is 20.5. The molecule has 4 saturated carbocycles. The molecule has 0 amide bonds. The van der Waals surface area contributed by atoms with Crippen molar-refractivity contribution in [3.8, 4) is 0 Å². The topological polar surface area (TPSA) is 83.8 Å². The Bertz CT molecular complexity index is 1370. The Hall–Kier alpha value is -2.40. The van der Waals surface area contributed by atoms with Crippen LogP contribution in [0.15, 0.2) is 48.1 Å². The highest BCUT2D eigenvalue weighted by Gasteiger charge is 2.70. The van der Waals surface area contributed by atoms with E-state index in [1.807, 2.05) is 30.3 Å². The van der Waals surface area contributed by atoms with E-state index in [0.717, 1.165) is 56.9 Å². The molecule has 44 heavy (non-hydrogen) atoms. The molecule has 2 N–H and O–H groups in total. The molecule has 9 atom stereocenters. The van der Waals surface area contributed by atoms with Gasteiger partial charge in [-0.05, 0) is 109 Å². The van der Waals surface area contributed by atoms with Crippen LogP contribution in [0.2, 0.25) is 0 Å². The summed E-state index contributed by atoms with van der Waals surface area (Å²) in [5, 5.41) is 22.4. The first kappa shape index (κ1) is 31.6. The minimum absolute atomic E-state index is 0.00627. The first-order valence-electron chi connectivity index (χ1n) is 17.1. The lowest BCUT2D eigenvalue weighted by Gasteiger charge is -2.71. The molecule has 1 aromatic carbocycles. The molecule has 0 radical (unpaired) electrons. The van der Waals surface area contributed by atoms with Crippen LogP contribution in [0.3, 0.4) is 0 Å². The van der Waals surface area contributed by atoms with Crippen molar-refractivity contribution in [1.29, 1.82) is 0 Å². The lowest BCUT2D eigenvalue weighted by molar-refractivity contribution is -0.238. The van der Waals surface area contributed by atoms with Gasteiger partial charge < -0.3 is 14.9 Å². The molecule has 5 heteroatoms. The molecule has 0 aromatic heterocycles. The number of carbonyl (C=O) groups is 2. The van der Waals surface area contributed by atoms with Gasteiger partial charge in [-0.2, -0.15) is 0 Å². The summed E-state index contributed by atoms with van der Waals surface area (Å²) in [6.07, 6.45) is 12.4. The fourth-order valence-corrected chi connectivity index (χ4v) is 11.9. The number of allylic oxidation sites excluding steroid dienone is 2. The smallest absolute Gasteiger partial charge is 0.331 e. The Morgan fingerprint density at radius 1 is 0.886 bits per heavy atom. The normalized spacial score (nSPS) is 43.9. The quantitative estimate of drug-likeness (QED) is 0.205. The van der Waals surface area contributed by atoms with E-state index >= 15 is 0 Å². The molecule has 0 saturated heterocycles. The van der Waals surface area contributed by atoms with Crippen LogP contribution >= 0.6 is 0 Å². The van der Waals surface area contributed by atoms with Crippen molar-refractivity contribution < 1.29 is 24.5 Å². The summed E-state index contributed by atoms with van der Waals surface area (Å²) in [5.74, 6) is -0.263. The SMILES string of the molecule is CC1(C)CC[C@]2(C(=O)O)CC[C@]3(C)C(=CC[C@@H]4[C@@]5(C)C[C@@H](O)[C@H](OC(=O)C=Cc6ccccc6)C(C)(C)C5CC[C@]43C)[C@H]2C1. The van der Waals surface area contributed by atoms with Gasteiger partial charge in [-0.15, -0.1) is 0 Å². The van der Waals surface area contributed by atoms with Gasteiger partial charge in [0, 0.05) is 11.5 Å². The van der Waals surface area contributed by atoms with Crippen molar-refractivity contribution in [3.05, 3.63) is 53.6 Å². The predicted octanol–water partition coefficient (Wildman–Crippen LogP) is 8.47. The van der Waals surface area contributed by atoms with Gasteiger partial charge in [0.2, 0.25) is 0 Å². The summed E-state index contributed by atoms with van der Waals surface area (Å²) in [6.45, 7) is 16.4. The molecule has 1 aromatic rings. The molecule has 5 aliphatic carbocycles. The highest BCUT2D eigenvalue weighted by atomic mass is 16.6. The third-order valence-corrected chi connectivity index (χ3v) is 14.4. The second-order valence-electron chi connectivity index (χ2n) is 17.4. The Morgan fingerprint density at radius 3 is 2.25 bits per heavy atom.